The van der Waals surface area contributed by atoms with Gasteiger partial charge in [-0.2, -0.15) is 0 Å². The van der Waals surface area contributed by atoms with Crippen LogP contribution in [0.3, 0.4) is 0 Å². The molecule has 3 aliphatic rings. The third kappa shape index (κ3) is 3.66. The van der Waals surface area contributed by atoms with Crippen LogP contribution < -0.4 is 4.90 Å². The van der Waals surface area contributed by atoms with E-state index in [9.17, 15) is 9.59 Å². The van der Waals surface area contributed by atoms with Crippen LogP contribution in [0.25, 0.3) is 0 Å². The Labute approximate surface area is 167 Å². The van der Waals surface area contributed by atoms with E-state index in [-0.39, 0.29) is 29.9 Å². The fraction of sp³-hybridized carbons (Fsp3) is 0.667. The molecular formula is C21H31N5O2. The molecule has 1 spiro atoms. The maximum atomic E-state index is 13.0. The number of carbonyl (C=O) groups excluding carboxylic acids is 2. The van der Waals surface area contributed by atoms with Crippen molar-refractivity contribution in [3.8, 4) is 0 Å². The molecule has 1 aromatic heterocycles. The summed E-state index contributed by atoms with van der Waals surface area (Å²) in [5.74, 6) is 0.0640. The summed E-state index contributed by atoms with van der Waals surface area (Å²) in [5.41, 5.74) is 1.47. The number of carbonyl (C=O) groups is 2. The van der Waals surface area contributed by atoms with E-state index in [1.165, 1.54) is 5.69 Å². The second-order valence-electron chi connectivity index (χ2n) is 8.75. The van der Waals surface area contributed by atoms with E-state index in [4.69, 9.17) is 0 Å². The summed E-state index contributed by atoms with van der Waals surface area (Å²) in [6, 6.07) is 4.38. The number of piperidine rings is 1. The third-order valence-corrected chi connectivity index (χ3v) is 6.71. The van der Waals surface area contributed by atoms with Gasteiger partial charge in [0.25, 0.3) is 0 Å². The molecule has 0 N–H and O–H groups in total. The first-order valence-electron chi connectivity index (χ1n) is 10.5. The largest absolute Gasteiger partial charge is 0.371 e. The Hall–Kier alpha value is -2.31. The van der Waals surface area contributed by atoms with Crippen molar-refractivity contribution >= 4 is 17.6 Å². The molecule has 0 aromatic carbocycles. The van der Waals surface area contributed by atoms with E-state index in [2.05, 4.69) is 22.0 Å². The van der Waals surface area contributed by atoms with Gasteiger partial charge in [-0.05, 0) is 50.7 Å². The molecule has 0 bridgehead atoms. The van der Waals surface area contributed by atoms with Crippen LogP contribution in [0.5, 0.6) is 0 Å². The highest BCUT2D eigenvalue weighted by Crippen LogP contribution is 2.41. The number of pyridine rings is 1. The van der Waals surface area contributed by atoms with E-state index in [1.54, 1.807) is 4.90 Å². The second kappa shape index (κ2) is 7.60. The Morgan fingerprint density at radius 3 is 2.32 bits per heavy atom. The van der Waals surface area contributed by atoms with Crippen molar-refractivity contribution < 1.29 is 9.59 Å². The third-order valence-electron chi connectivity index (χ3n) is 6.71. The number of urea groups is 1. The lowest BCUT2D eigenvalue weighted by Gasteiger charge is -2.41. The Morgan fingerprint density at radius 1 is 1.00 bits per heavy atom. The van der Waals surface area contributed by atoms with Gasteiger partial charge in [0.1, 0.15) is 6.54 Å². The van der Waals surface area contributed by atoms with Gasteiger partial charge in [0, 0.05) is 63.4 Å². The minimum Gasteiger partial charge on any atom is -0.371 e. The summed E-state index contributed by atoms with van der Waals surface area (Å²) in [4.78, 5) is 37.4. The molecule has 0 atom stereocenters. The molecule has 0 unspecified atom stereocenters. The van der Waals surface area contributed by atoms with Crippen LogP contribution in [0, 0.1) is 5.41 Å². The maximum Gasteiger partial charge on any atom is 0.320 e. The molecule has 7 nitrogen and oxygen atoms in total. The number of hydrogen-bond acceptors (Lipinski definition) is 4. The minimum absolute atomic E-state index is 0.0465. The molecule has 4 rings (SSSR count). The molecule has 7 heteroatoms. The van der Waals surface area contributed by atoms with Crippen LogP contribution in [0.4, 0.5) is 10.5 Å². The highest BCUT2D eigenvalue weighted by molar-refractivity contribution is 5.85. The van der Waals surface area contributed by atoms with Gasteiger partial charge in [0.05, 0.1) is 0 Å². The Balaban J connectivity index is 1.32. The number of amides is 3. The molecule has 0 radical (unpaired) electrons. The number of anilines is 1. The molecule has 3 saturated heterocycles. The number of aromatic nitrogens is 1. The topological polar surface area (TPSA) is 60.0 Å². The van der Waals surface area contributed by atoms with Gasteiger partial charge >= 0.3 is 6.03 Å². The zero-order valence-electron chi connectivity index (χ0n) is 17.0. The predicted octanol–water partition coefficient (Wildman–Crippen LogP) is 2.05. The van der Waals surface area contributed by atoms with Crippen molar-refractivity contribution in [2.75, 3.05) is 50.7 Å². The molecule has 3 fully saturated rings. The first kappa shape index (κ1) is 19.0. The summed E-state index contributed by atoms with van der Waals surface area (Å²) in [6.07, 6.45) is 6.98. The van der Waals surface area contributed by atoms with E-state index in [0.29, 0.717) is 13.1 Å². The lowest BCUT2D eigenvalue weighted by atomic mass is 9.77. The lowest BCUT2D eigenvalue weighted by molar-refractivity contribution is -0.136. The van der Waals surface area contributed by atoms with Gasteiger partial charge in [0.2, 0.25) is 5.91 Å². The van der Waals surface area contributed by atoms with E-state index in [1.807, 2.05) is 36.0 Å². The fourth-order valence-electron chi connectivity index (χ4n) is 4.90. The van der Waals surface area contributed by atoms with Crippen molar-refractivity contribution in [2.45, 2.75) is 39.2 Å². The standard InChI is InChI=1S/C21H31N5O2/c1-17(2)26-14-13-24(15-19(26)27)20(28)25-12-7-21(16-25)5-10-23(11-6-21)18-3-8-22-9-4-18/h3-4,8-9,17H,5-7,10-16H2,1-2H3. The molecule has 28 heavy (non-hydrogen) atoms. The summed E-state index contributed by atoms with van der Waals surface area (Å²) in [5, 5.41) is 0. The van der Waals surface area contributed by atoms with Crippen LogP contribution in [0.1, 0.15) is 33.1 Å². The van der Waals surface area contributed by atoms with Crippen molar-refractivity contribution in [2.24, 2.45) is 5.41 Å². The highest BCUT2D eigenvalue weighted by Gasteiger charge is 2.43. The van der Waals surface area contributed by atoms with Crippen LogP contribution >= 0.6 is 0 Å². The second-order valence-corrected chi connectivity index (χ2v) is 8.75. The van der Waals surface area contributed by atoms with Gasteiger partial charge in [-0.15, -0.1) is 0 Å². The quantitative estimate of drug-likeness (QED) is 0.782. The average Bonchev–Trinajstić information content (AvgIpc) is 3.12. The molecular weight excluding hydrogens is 354 g/mol. The molecule has 1 aromatic rings. The van der Waals surface area contributed by atoms with Gasteiger partial charge in [-0.3, -0.25) is 9.78 Å². The SMILES string of the molecule is CC(C)N1CCN(C(=O)N2CCC3(CCN(c4ccncc4)CC3)C2)CC1=O. The van der Waals surface area contributed by atoms with Crippen LogP contribution in [0.2, 0.25) is 0 Å². The van der Waals surface area contributed by atoms with Gasteiger partial charge in [-0.1, -0.05) is 0 Å². The number of hydrogen-bond donors (Lipinski definition) is 0. The van der Waals surface area contributed by atoms with Crippen molar-refractivity contribution in [1.29, 1.82) is 0 Å². The Morgan fingerprint density at radius 2 is 1.68 bits per heavy atom. The van der Waals surface area contributed by atoms with E-state index >= 15 is 0 Å². The zero-order valence-corrected chi connectivity index (χ0v) is 17.0. The van der Waals surface area contributed by atoms with Crippen LogP contribution in [-0.2, 0) is 4.79 Å². The Kier molecular flexibility index (Phi) is 5.17. The predicted molar refractivity (Wildman–Crippen MR) is 108 cm³/mol. The number of rotatable bonds is 2. The Bertz CT molecular complexity index is 715. The maximum absolute atomic E-state index is 13.0. The van der Waals surface area contributed by atoms with Crippen molar-refractivity contribution in [3.63, 3.8) is 0 Å². The molecule has 3 aliphatic heterocycles. The summed E-state index contributed by atoms with van der Waals surface area (Å²) < 4.78 is 0. The monoisotopic (exact) mass is 385 g/mol. The smallest absolute Gasteiger partial charge is 0.320 e. The van der Waals surface area contributed by atoms with E-state index < -0.39 is 0 Å². The average molecular weight is 386 g/mol. The number of likely N-dealkylation sites (tertiary alicyclic amines) is 1. The highest BCUT2D eigenvalue weighted by atomic mass is 16.2. The zero-order chi connectivity index (χ0) is 19.7. The first-order chi connectivity index (χ1) is 13.5. The van der Waals surface area contributed by atoms with Crippen molar-refractivity contribution in [3.05, 3.63) is 24.5 Å². The molecule has 4 heterocycles. The fourth-order valence-corrected chi connectivity index (χ4v) is 4.90. The summed E-state index contributed by atoms with van der Waals surface area (Å²) in [7, 11) is 0. The lowest BCUT2D eigenvalue weighted by Crippen LogP contribution is -2.56. The minimum atomic E-state index is 0.0465. The molecule has 0 aliphatic carbocycles. The van der Waals surface area contributed by atoms with Crippen LogP contribution in [0.15, 0.2) is 24.5 Å². The molecule has 3 amide bonds. The summed E-state index contributed by atoms with van der Waals surface area (Å²) in [6.45, 7) is 9.24. The number of nitrogens with zero attached hydrogens (tertiary/aromatic N) is 5. The van der Waals surface area contributed by atoms with Crippen molar-refractivity contribution in [1.82, 2.24) is 19.7 Å². The normalized spacial score (nSPS) is 22.5. The van der Waals surface area contributed by atoms with Gasteiger partial charge in [0.15, 0.2) is 0 Å². The van der Waals surface area contributed by atoms with Gasteiger partial charge in [-0.25, -0.2) is 4.79 Å². The van der Waals surface area contributed by atoms with E-state index in [0.717, 1.165) is 45.4 Å². The van der Waals surface area contributed by atoms with Gasteiger partial charge < -0.3 is 19.6 Å². The van der Waals surface area contributed by atoms with Crippen LogP contribution in [-0.4, -0.2) is 83.5 Å². The first-order valence-corrected chi connectivity index (χ1v) is 10.5. The summed E-state index contributed by atoms with van der Waals surface area (Å²) >= 11 is 0. The molecule has 152 valence electrons. The number of piperazine rings is 1. The molecule has 0 saturated carbocycles.